The number of carbonyl (C=O) groups is 1. The van der Waals surface area contributed by atoms with Crippen molar-refractivity contribution >= 4 is 23.0 Å². The summed E-state index contributed by atoms with van der Waals surface area (Å²) in [4.78, 5) is 16.2. The molecule has 0 spiro atoms. The van der Waals surface area contributed by atoms with Gasteiger partial charge in [0.2, 0.25) is 0 Å². The Balaban J connectivity index is 1.51. The van der Waals surface area contributed by atoms with Crippen LogP contribution in [0.15, 0.2) is 41.5 Å². The third-order valence-corrected chi connectivity index (χ3v) is 6.88. The molecule has 1 fully saturated rings. The summed E-state index contributed by atoms with van der Waals surface area (Å²) in [6.07, 6.45) is 4.65. The van der Waals surface area contributed by atoms with Crippen molar-refractivity contribution in [1.29, 1.82) is 0 Å². The number of amides is 1. The van der Waals surface area contributed by atoms with Gasteiger partial charge < -0.3 is 9.64 Å². The van der Waals surface area contributed by atoms with E-state index in [1.165, 1.54) is 33.7 Å². The Morgan fingerprint density at radius 1 is 1.18 bits per heavy atom. The molecule has 0 unspecified atom stereocenters. The summed E-state index contributed by atoms with van der Waals surface area (Å²) in [6.45, 7) is 5.42. The highest BCUT2D eigenvalue weighted by Crippen LogP contribution is 2.29. The Labute approximate surface area is 170 Å². The molecular formula is C22H28N3O2S+. The van der Waals surface area contributed by atoms with Crippen LogP contribution in [0.3, 0.4) is 0 Å². The monoisotopic (exact) mass is 398 g/mol. The van der Waals surface area contributed by atoms with Crippen LogP contribution in [0, 0.1) is 0 Å². The van der Waals surface area contributed by atoms with Crippen LogP contribution in [0.4, 0.5) is 0 Å². The van der Waals surface area contributed by atoms with Gasteiger partial charge in [0.1, 0.15) is 13.1 Å². The second kappa shape index (κ2) is 8.99. The van der Waals surface area contributed by atoms with Gasteiger partial charge in [0, 0.05) is 10.4 Å². The van der Waals surface area contributed by atoms with E-state index in [-0.39, 0.29) is 11.9 Å². The van der Waals surface area contributed by atoms with E-state index in [2.05, 4.69) is 40.9 Å². The number of fused-ring (bicyclic) bond motifs is 1. The number of nitrogens with zero attached hydrogens (tertiary/aromatic N) is 1. The number of nitrogens with one attached hydrogen (secondary N) is 2. The molecule has 0 saturated carbocycles. The average molecular weight is 399 g/mol. The number of benzene rings is 1. The molecule has 2 aliphatic rings. The lowest BCUT2D eigenvalue weighted by Gasteiger charge is -2.31. The number of ether oxygens (including phenoxy) is 1. The van der Waals surface area contributed by atoms with Gasteiger partial charge >= 0.3 is 0 Å². The van der Waals surface area contributed by atoms with E-state index < -0.39 is 0 Å². The maximum Gasteiger partial charge on any atom is 0.281 e. The zero-order valence-electron chi connectivity index (χ0n) is 16.4. The number of hydrogen-bond acceptors (Lipinski definition) is 4. The number of thiophene rings is 1. The van der Waals surface area contributed by atoms with Crippen LogP contribution >= 0.6 is 11.3 Å². The van der Waals surface area contributed by atoms with Crippen molar-refractivity contribution in [2.45, 2.75) is 38.6 Å². The van der Waals surface area contributed by atoms with Gasteiger partial charge in [-0.2, -0.15) is 5.10 Å². The minimum absolute atomic E-state index is 0.0949. The van der Waals surface area contributed by atoms with Crippen molar-refractivity contribution in [2.24, 2.45) is 5.10 Å². The van der Waals surface area contributed by atoms with Crippen molar-refractivity contribution in [3.05, 3.63) is 57.3 Å². The zero-order chi connectivity index (χ0) is 19.3. The van der Waals surface area contributed by atoms with E-state index >= 15 is 0 Å². The van der Waals surface area contributed by atoms with Crippen molar-refractivity contribution in [3.63, 3.8) is 0 Å². The lowest BCUT2D eigenvalue weighted by molar-refractivity contribution is -0.928. The van der Waals surface area contributed by atoms with Crippen molar-refractivity contribution in [2.75, 3.05) is 26.3 Å². The third kappa shape index (κ3) is 4.35. The number of morpholine rings is 1. The van der Waals surface area contributed by atoms with Gasteiger partial charge in [-0.15, -0.1) is 11.3 Å². The van der Waals surface area contributed by atoms with Gasteiger partial charge in [-0.05, 0) is 44.2 Å². The summed E-state index contributed by atoms with van der Waals surface area (Å²) in [7, 11) is 0. The van der Waals surface area contributed by atoms with Gasteiger partial charge in [0.25, 0.3) is 5.91 Å². The summed E-state index contributed by atoms with van der Waals surface area (Å²) in [5, 5.41) is 4.52. The van der Waals surface area contributed by atoms with E-state index in [9.17, 15) is 4.79 Å². The van der Waals surface area contributed by atoms with Crippen LogP contribution in [0.2, 0.25) is 0 Å². The summed E-state index contributed by atoms with van der Waals surface area (Å²) >= 11 is 1.62. The SMILES string of the molecule is C/C(=N/NC(=O)c1cc2c(s1)CCCC2)[C@H](c1ccccc1)[NH+]1CCOCC1. The standard InChI is InChI=1S/C22H27N3O2S/c1-16(21(17-7-3-2-4-8-17)25-11-13-27-14-12-25)23-24-22(26)20-15-18-9-5-6-10-19(18)28-20/h2-4,7-8,15,21H,5-6,9-14H2,1H3,(H,24,26)/p+1/b23-16-/t21-/m1/s1. The van der Waals surface area contributed by atoms with E-state index in [0.717, 1.165) is 49.7 Å². The summed E-state index contributed by atoms with van der Waals surface area (Å²) in [5.41, 5.74) is 6.31. The molecule has 4 rings (SSSR count). The Morgan fingerprint density at radius 3 is 2.68 bits per heavy atom. The predicted molar refractivity (Wildman–Crippen MR) is 112 cm³/mol. The van der Waals surface area contributed by atoms with Crippen LogP contribution < -0.4 is 10.3 Å². The highest BCUT2D eigenvalue weighted by molar-refractivity contribution is 7.14. The Kier molecular flexibility index (Phi) is 6.20. The normalized spacial score (nSPS) is 19.1. The van der Waals surface area contributed by atoms with Gasteiger partial charge in [0.05, 0.1) is 23.8 Å². The predicted octanol–water partition coefficient (Wildman–Crippen LogP) is 2.39. The molecule has 1 aliphatic heterocycles. The number of aryl methyl sites for hydroxylation is 2. The van der Waals surface area contributed by atoms with E-state index in [1.807, 2.05) is 13.0 Å². The van der Waals surface area contributed by atoms with Crippen LogP contribution in [0.1, 0.15) is 51.5 Å². The largest absolute Gasteiger partial charge is 0.370 e. The minimum Gasteiger partial charge on any atom is -0.370 e. The number of hydrazone groups is 1. The van der Waals surface area contributed by atoms with Gasteiger partial charge in [-0.1, -0.05) is 30.3 Å². The lowest BCUT2D eigenvalue weighted by atomic mass is 9.99. The number of quaternary nitrogens is 1. The average Bonchev–Trinajstić information content (AvgIpc) is 3.18. The number of rotatable bonds is 5. The van der Waals surface area contributed by atoms with Crippen molar-refractivity contribution in [1.82, 2.24) is 5.43 Å². The molecule has 1 amide bonds. The van der Waals surface area contributed by atoms with E-state index in [0.29, 0.717) is 0 Å². The molecule has 1 saturated heterocycles. The molecule has 28 heavy (non-hydrogen) atoms. The zero-order valence-corrected chi connectivity index (χ0v) is 17.2. The molecule has 2 heterocycles. The molecule has 1 aromatic heterocycles. The second-order valence-corrected chi connectivity index (χ2v) is 8.71. The molecule has 5 nitrogen and oxygen atoms in total. The molecule has 1 aliphatic carbocycles. The topological polar surface area (TPSA) is 55.1 Å². The molecule has 6 heteroatoms. The first-order valence-electron chi connectivity index (χ1n) is 10.2. The van der Waals surface area contributed by atoms with Crippen LogP contribution in [0.25, 0.3) is 0 Å². The Morgan fingerprint density at radius 2 is 1.93 bits per heavy atom. The minimum atomic E-state index is -0.0949. The van der Waals surface area contributed by atoms with Gasteiger partial charge in [-0.3, -0.25) is 4.79 Å². The first-order chi connectivity index (χ1) is 13.7. The van der Waals surface area contributed by atoms with Gasteiger partial charge in [0.15, 0.2) is 6.04 Å². The van der Waals surface area contributed by atoms with Crippen molar-refractivity contribution < 1.29 is 14.4 Å². The number of carbonyl (C=O) groups excluding carboxylic acids is 1. The molecule has 0 radical (unpaired) electrons. The molecule has 2 N–H and O–H groups in total. The second-order valence-electron chi connectivity index (χ2n) is 7.57. The molecule has 0 bridgehead atoms. The Bertz CT molecular complexity index is 817. The van der Waals surface area contributed by atoms with E-state index in [1.54, 1.807) is 11.3 Å². The summed E-state index contributed by atoms with van der Waals surface area (Å²) < 4.78 is 5.53. The fourth-order valence-corrected chi connectivity index (χ4v) is 5.34. The Hall–Kier alpha value is -2.02. The summed E-state index contributed by atoms with van der Waals surface area (Å²) in [6, 6.07) is 12.6. The van der Waals surface area contributed by atoms with E-state index in [4.69, 9.17) is 4.74 Å². The fourth-order valence-electron chi connectivity index (χ4n) is 4.20. The van der Waals surface area contributed by atoms with Gasteiger partial charge in [-0.25, -0.2) is 5.43 Å². The number of hydrogen-bond donors (Lipinski definition) is 2. The highest BCUT2D eigenvalue weighted by Gasteiger charge is 2.29. The maximum atomic E-state index is 12.7. The molecular weight excluding hydrogens is 370 g/mol. The van der Waals surface area contributed by atoms with Crippen LogP contribution in [-0.2, 0) is 17.6 Å². The molecule has 1 aromatic carbocycles. The smallest absolute Gasteiger partial charge is 0.281 e. The quantitative estimate of drug-likeness (QED) is 0.600. The lowest BCUT2D eigenvalue weighted by Crippen LogP contribution is -3.15. The van der Waals surface area contributed by atoms with Crippen LogP contribution in [0.5, 0.6) is 0 Å². The first kappa shape index (κ1) is 19.3. The summed E-state index contributed by atoms with van der Waals surface area (Å²) in [5.74, 6) is -0.0949. The maximum absolute atomic E-state index is 12.7. The molecule has 2 aromatic rings. The highest BCUT2D eigenvalue weighted by atomic mass is 32.1. The van der Waals surface area contributed by atoms with Crippen LogP contribution in [-0.4, -0.2) is 37.9 Å². The molecule has 148 valence electrons. The fraction of sp³-hybridized carbons (Fsp3) is 0.455. The van der Waals surface area contributed by atoms with Crippen molar-refractivity contribution in [3.8, 4) is 0 Å². The molecule has 1 atom stereocenters. The first-order valence-corrected chi connectivity index (χ1v) is 11.0. The third-order valence-electron chi connectivity index (χ3n) is 5.65.